The van der Waals surface area contributed by atoms with Crippen molar-refractivity contribution in [1.82, 2.24) is 4.98 Å². The van der Waals surface area contributed by atoms with Crippen LogP contribution in [0.15, 0.2) is 12.3 Å². The summed E-state index contributed by atoms with van der Waals surface area (Å²) in [4.78, 5) is 14.3. The van der Waals surface area contributed by atoms with Crippen LogP contribution in [0.25, 0.3) is 0 Å². The Morgan fingerprint density at radius 1 is 1.53 bits per heavy atom. The molecule has 1 aromatic heterocycles. The lowest BCUT2D eigenvalue weighted by Crippen LogP contribution is -2.43. The smallest absolute Gasteiger partial charge is 0.338 e. The molecule has 0 unspecified atom stereocenters. The molecule has 0 aliphatic heterocycles. The number of carboxylic acids is 1. The summed E-state index contributed by atoms with van der Waals surface area (Å²) in [6.07, 6.45) is 1.13. The van der Waals surface area contributed by atoms with Crippen molar-refractivity contribution < 1.29 is 24.5 Å². The van der Waals surface area contributed by atoms with E-state index in [0.717, 1.165) is 12.3 Å². The van der Waals surface area contributed by atoms with Crippen LogP contribution in [0.3, 0.4) is 0 Å². The molecule has 0 fully saturated rings. The zero-order valence-corrected chi connectivity index (χ0v) is 9.14. The zero-order valence-electron chi connectivity index (χ0n) is 9.14. The lowest BCUT2D eigenvalue weighted by atomic mass is 10.1. The Balaban J connectivity index is 3.08. The van der Waals surface area contributed by atoms with Gasteiger partial charge in [-0.25, -0.2) is 14.2 Å². The van der Waals surface area contributed by atoms with E-state index < -0.39 is 36.1 Å². The number of hydrogen-bond donors (Lipinski definition) is 4. The van der Waals surface area contributed by atoms with Crippen LogP contribution in [0.5, 0.6) is 0 Å². The fourth-order valence-corrected chi connectivity index (χ4v) is 1.11. The molecule has 0 amide bonds. The number of hydrogen-bond acceptors (Lipinski definition) is 5. The third-order valence-corrected chi connectivity index (χ3v) is 2.24. The molecule has 0 aliphatic rings. The van der Waals surface area contributed by atoms with Gasteiger partial charge in [0, 0.05) is 6.20 Å². The Bertz CT molecular complexity index is 421. The van der Waals surface area contributed by atoms with E-state index in [0.29, 0.717) is 0 Å². The first-order chi connectivity index (χ1) is 7.93. The van der Waals surface area contributed by atoms with Crippen LogP contribution in [0, 0.1) is 5.82 Å². The van der Waals surface area contributed by atoms with Gasteiger partial charge in [-0.2, -0.15) is 0 Å². The van der Waals surface area contributed by atoms with Gasteiger partial charge in [0.25, 0.3) is 0 Å². The topological polar surface area (TPSA) is 103 Å². The molecule has 1 aromatic rings. The molecule has 17 heavy (non-hydrogen) atoms. The van der Waals surface area contributed by atoms with Crippen molar-refractivity contribution in [3.8, 4) is 0 Å². The van der Waals surface area contributed by atoms with Crippen molar-refractivity contribution in [3.05, 3.63) is 23.6 Å². The highest BCUT2D eigenvalue weighted by Crippen LogP contribution is 2.19. The average Bonchev–Trinajstić information content (AvgIpc) is 2.31. The van der Waals surface area contributed by atoms with Gasteiger partial charge in [0.15, 0.2) is 11.6 Å². The number of anilines is 1. The van der Waals surface area contributed by atoms with E-state index in [2.05, 4.69) is 10.3 Å². The lowest BCUT2D eigenvalue weighted by molar-refractivity contribution is 0.0691. The molecule has 4 N–H and O–H groups in total. The van der Waals surface area contributed by atoms with Gasteiger partial charge in [0.2, 0.25) is 0 Å². The van der Waals surface area contributed by atoms with E-state index >= 15 is 0 Å². The first-order valence-electron chi connectivity index (χ1n) is 4.81. The van der Waals surface area contributed by atoms with Crippen LogP contribution < -0.4 is 5.32 Å². The van der Waals surface area contributed by atoms with Crippen LogP contribution >= 0.6 is 0 Å². The number of carbonyl (C=O) groups is 1. The lowest BCUT2D eigenvalue weighted by Gasteiger charge is -2.27. The van der Waals surface area contributed by atoms with Gasteiger partial charge in [-0.05, 0) is 13.0 Å². The summed E-state index contributed by atoms with van der Waals surface area (Å²) in [5.41, 5.74) is -1.70. The highest BCUT2D eigenvalue weighted by atomic mass is 19.1. The summed E-state index contributed by atoms with van der Waals surface area (Å²) < 4.78 is 13.7. The summed E-state index contributed by atoms with van der Waals surface area (Å²) in [7, 11) is 0. The second-order valence-corrected chi connectivity index (χ2v) is 3.83. The number of carboxylic acid groups (broad SMARTS) is 1. The molecule has 0 spiro atoms. The molecule has 6 nitrogen and oxygen atoms in total. The number of rotatable bonds is 5. The molecule has 0 bridgehead atoms. The van der Waals surface area contributed by atoms with Crippen LogP contribution in [0.4, 0.5) is 10.2 Å². The second-order valence-electron chi connectivity index (χ2n) is 3.83. The van der Waals surface area contributed by atoms with E-state index in [1.807, 2.05) is 0 Å². The molecule has 0 atom stereocenters. The van der Waals surface area contributed by atoms with Crippen molar-refractivity contribution in [2.45, 2.75) is 12.5 Å². The monoisotopic (exact) mass is 244 g/mol. The third kappa shape index (κ3) is 2.89. The average molecular weight is 244 g/mol. The van der Waals surface area contributed by atoms with E-state index in [1.165, 1.54) is 6.92 Å². The Kier molecular flexibility index (Phi) is 3.97. The van der Waals surface area contributed by atoms with Crippen molar-refractivity contribution in [3.63, 3.8) is 0 Å². The Morgan fingerprint density at radius 3 is 2.59 bits per heavy atom. The van der Waals surface area contributed by atoms with Crippen molar-refractivity contribution in [1.29, 1.82) is 0 Å². The summed E-state index contributed by atoms with van der Waals surface area (Å²) in [6, 6.07) is 1.03. The van der Waals surface area contributed by atoms with Gasteiger partial charge < -0.3 is 20.6 Å². The minimum atomic E-state index is -1.41. The predicted molar refractivity (Wildman–Crippen MR) is 57.4 cm³/mol. The van der Waals surface area contributed by atoms with Crippen LogP contribution in [-0.4, -0.2) is 45.0 Å². The minimum Gasteiger partial charge on any atom is -0.478 e. The van der Waals surface area contributed by atoms with Crippen molar-refractivity contribution >= 4 is 11.8 Å². The number of aliphatic hydroxyl groups is 2. The Morgan fingerprint density at radius 2 is 2.12 bits per heavy atom. The van der Waals surface area contributed by atoms with Gasteiger partial charge >= 0.3 is 5.97 Å². The predicted octanol–water partition coefficient (Wildman–Crippen LogP) is 0.0741. The summed E-state index contributed by atoms with van der Waals surface area (Å²) >= 11 is 0. The number of aromatic carboxylic acids is 1. The number of aliphatic hydroxyl groups excluding tert-OH is 2. The maximum atomic E-state index is 13.7. The largest absolute Gasteiger partial charge is 0.478 e. The fraction of sp³-hybridized carbons (Fsp3) is 0.400. The molecule has 0 radical (unpaired) electrons. The number of nitrogens with zero attached hydrogens (tertiary/aromatic N) is 1. The number of aromatic nitrogens is 1. The minimum absolute atomic E-state index is 0.324. The molecule has 0 aromatic carbocycles. The molecule has 7 heteroatoms. The standard InChI is InChI=1S/C10H13FN2O4/c1-10(4-14,5-15)13-8-7(11)6(9(16)17)2-3-12-8/h2-3,14-15H,4-5H2,1H3,(H,12,13)(H,16,17). The first kappa shape index (κ1) is 13.3. The molecular weight excluding hydrogens is 231 g/mol. The van der Waals surface area contributed by atoms with Crippen LogP contribution in [0.1, 0.15) is 17.3 Å². The van der Waals surface area contributed by atoms with E-state index in [4.69, 9.17) is 15.3 Å². The van der Waals surface area contributed by atoms with Crippen molar-refractivity contribution in [2.75, 3.05) is 18.5 Å². The highest BCUT2D eigenvalue weighted by Gasteiger charge is 2.25. The molecule has 1 heterocycles. The van der Waals surface area contributed by atoms with Gasteiger partial charge in [0.05, 0.1) is 18.8 Å². The normalized spacial score (nSPS) is 11.3. The van der Waals surface area contributed by atoms with E-state index in [1.54, 1.807) is 0 Å². The summed E-state index contributed by atoms with van der Waals surface area (Å²) in [5.74, 6) is -2.77. The van der Waals surface area contributed by atoms with E-state index in [9.17, 15) is 9.18 Å². The van der Waals surface area contributed by atoms with Gasteiger partial charge in [-0.3, -0.25) is 0 Å². The molecule has 0 saturated carbocycles. The van der Waals surface area contributed by atoms with Crippen molar-refractivity contribution in [2.24, 2.45) is 0 Å². The second kappa shape index (κ2) is 5.07. The Hall–Kier alpha value is -1.73. The molecule has 94 valence electrons. The van der Waals surface area contributed by atoms with Crippen LogP contribution in [0.2, 0.25) is 0 Å². The molecule has 1 rings (SSSR count). The zero-order chi connectivity index (χ0) is 13.1. The summed E-state index contributed by atoms with van der Waals surface area (Å²) in [6.45, 7) is 0.533. The number of halogens is 1. The maximum Gasteiger partial charge on any atom is 0.338 e. The molecular formula is C10H13FN2O4. The first-order valence-corrected chi connectivity index (χ1v) is 4.81. The highest BCUT2D eigenvalue weighted by molar-refractivity contribution is 5.88. The van der Waals surface area contributed by atoms with Crippen LogP contribution in [-0.2, 0) is 0 Å². The van der Waals surface area contributed by atoms with E-state index in [-0.39, 0.29) is 5.82 Å². The number of nitrogens with one attached hydrogen (secondary N) is 1. The number of pyridine rings is 1. The molecule has 0 aliphatic carbocycles. The van der Waals surface area contributed by atoms with Gasteiger partial charge in [0.1, 0.15) is 5.56 Å². The van der Waals surface area contributed by atoms with Gasteiger partial charge in [-0.15, -0.1) is 0 Å². The van der Waals surface area contributed by atoms with Gasteiger partial charge in [-0.1, -0.05) is 0 Å². The SMILES string of the molecule is CC(CO)(CO)Nc1nccc(C(=O)O)c1F. The Labute approximate surface area is 96.7 Å². The molecule has 0 saturated heterocycles. The maximum absolute atomic E-state index is 13.7. The fourth-order valence-electron chi connectivity index (χ4n) is 1.11. The quantitative estimate of drug-likeness (QED) is 0.584. The third-order valence-electron chi connectivity index (χ3n) is 2.24. The summed E-state index contributed by atoms with van der Waals surface area (Å²) in [5, 5.41) is 29.2.